The topological polar surface area (TPSA) is 92.6 Å². The number of thioether (sulfide) groups is 1. The zero-order valence-electron chi connectivity index (χ0n) is 19.5. The summed E-state index contributed by atoms with van der Waals surface area (Å²) in [5.74, 6) is 2.77. The first-order valence-electron chi connectivity index (χ1n) is 11.4. The first kappa shape index (κ1) is 25.4. The molecule has 1 heterocycles. The number of nitrogens with zero attached hydrogens (tertiary/aromatic N) is 2. The molecule has 0 saturated carbocycles. The van der Waals surface area contributed by atoms with Gasteiger partial charge in [0.05, 0.1) is 15.5 Å². The summed E-state index contributed by atoms with van der Waals surface area (Å²) in [5, 5.41) is 15.0. The van der Waals surface area contributed by atoms with Crippen LogP contribution in [0.3, 0.4) is 0 Å². The highest BCUT2D eigenvalue weighted by Gasteiger charge is 2.29. The summed E-state index contributed by atoms with van der Waals surface area (Å²) >= 11 is 1.93. The molecule has 33 heavy (non-hydrogen) atoms. The Balaban J connectivity index is 1.91. The molecule has 0 unspecified atom stereocenters. The van der Waals surface area contributed by atoms with Crippen LogP contribution in [0.1, 0.15) is 39.2 Å². The van der Waals surface area contributed by atoms with Crippen molar-refractivity contribution in [2.45, 2.75) is 44.9 Å². The van der Waals surface area contributed by atoms with Crippen LogP contribution in [0.5, 0.6) is 0 Å². The molecule has 1 aliphatic rings. The molecule has 2 aromatic carbocycles. The molecule has 7 nitrogen and oxygen atoms in total. The maximum atomic E-state index is 13.6. The first-order chi connectivity index (χ1) is 15.7. The number of sulfonamides is 1. The van der Waals surface area contributed by atoms with E-state index in [1.807, 2.05) is 44.7 Å². The summed E-state index contributed by atoms with van der Waals surface area (Å²) in [5.41, 5.74) is 1.82. The SMILES string of the molecule is CCc1ccc(N(CC(C)C)S(=O)(=O)c2ccc(NCC3CCSCC3)c([N+](=O)[O-])c2)cc1. The van der Waals surface area contributed by atoms with Gasteiger partial charge in [-0.15, -0.1) is 0 Å². The molecule has 3 rings (SSSR count). The fraction of sp³-hybridized carbons (Fsp3) is 0.500. The van der Waals surface area contributed by atoms with Gasteiger partial charge in [-0.2, -0.15) is 11.8 Å². The minimum Gasteiger partial charge on any atom is -0.379 e. The van der Waals surface area contributed by atoms with E-state index in [1.54, 1.807) is 12.1 Å². The zero-order chi connectivity index (χ0) is 24.0. The molecule has 1 aliphatic heterocycles. The van der Waals surface area contributed by atoms with E-state index >= 15 is 0 Å². The Morgan fingerprint density at radius 3 is 2.39 bits per heavy atom. The summed E-state index contributed by atoms with van der Waals surface area (Å²) in [6, 6.07) is 11.6. The molecule has 2 aromatic rings. The Labute approximate surface area is 201 Å². The van der Waals surface area contributed by atoms with Crippen LogP contribution >= 0.6 is 11.8 Å². The van der Waals surface area contributed by atoms with Crippen LogP contribution in [-0.2, 0) is 16.4 Å². The number of benzene rings is 2. The van der Waals surface area contributed by atoms with Crippen LogP contribution < -0.4 is 9.62 Å². The van der Waals surface area contributed by atoms with E-state index in [-0.39, 0.29) is 23.0 Å². The Kier molecular flexibility index (Phi) is 8.64. The van der Waals surface area contributed by atoms with Crippen molar-refractivity contribution in [3.63, 3.8) is 0 Å². The van der Waals surface area contributed by atoms with Crippen LogP contribution in [0.4, 0.5) is 17.1 Å². The van der Waals surface area contributed by atoms with Crippen molar-refractivity contribution >= 4 is 38.8 Å². The maximum Gasteiger partial charge on any atom is 0.293 e. The minimum atomic E-state index is -3.98. The summed E-state index contributed by atoms with van der Waals surface area (Å²) in [6.07, 6.45) is 3.02. The number of hydrogen-bond acceptors (Lipinski definition) is 6. The van der Waals surface area contributed by atoms with E-state index in [0.717, 1.165) is 36.3 Å². The molecule has 0 aromatic heterocycles. The average Bonchev–Trinajstić information content (AvgIpc) is 2.81. The molecule has 0 spiro atoms. The Hall–Kier alpha value is -2.26. The lowest BCUT2D eigenvalue weighted by Gasteiger charge is -2.26. The molecule has 1 fully saturated rings. The van der Waals surface area contributed by atoms with Crippen LogP contribution in [-0.4, -0.2) is 37.9 Å². The maximum absolute atomic E-state index is 13.6. The van der Waals surface area contributed by atoms with Gasteiger partial charge in [0.1, 0.15) is 5.69 Å². The summed E-state index contributed by atoms with van der Waals surface area (Å²) in [4.78, 5) is 11.2. The van der Waals surface area contributed by atoms with Gasteiger partial charge in [-0.05, 0) is 72.4 Å². The third kappa shape index (κ3) is 6.41. The zero-order valence-corrected chi connectivity index (χ0v) is 21.1. The summed E-state index contributed by atoms with van der Waals surface area (Å²) in [7, 11) is -3.98. The number of aryl methyl sites for hydroxylation is 1. The quantitative estimate of drug-likeness (QED) is 0.345. The second kappa shape index (κ2) is 11.2. The van der Waals surface area contributed by atoms with Crippen molar-refractivity contribution in [1.82, 2.24) is 0 Å². The number of nitro benzene ring substituents is 1. The lowest BCUT2D eigenvalue weighted by atomic mass is 10.0. The number of nitrogens with one attached hydrogen (secondary N) is 1. The number of anilines is 2. The van der Waals surface area contributed by atoms with Gasteiger partial charge in [0.2, 0.25) is 0 Å². The predicted octanol–water partition coefficient (Wildman–Crippen LogP) is 5.56. The normalized spacial score (nSPS) is 14.9. The monoisotopic (exact) mass is 491 g/mol. The predicted molar refractivity (Wildman–Crippen MR) is 137 cm³/mol. The molecule has 0 aliphatic carbocycles. The smallest absolute Gasteiger partial charge is 0.293 e. The van der Waals surface area contributed by atoms with Crippen molar-refractivity contribution in [1.29, 1.82) is 0 Å². The summed E-state index contributed by atoms with van der Waals surface area (Å²) in [6.45, 7) is 6.86. The van der Waals surface area contributed by atoms with Gasteiger partial charge in [0.15, 0.2) is 0 Å². The highest BCUT2D eigenvalue weighted by atomic mass is 32.2. The highest BCUT2D eigenvalue weighted by Crippen LogP contribution is 2.32. The number of hydrogen-bond donors (Lipinski definition) is 1. The molecule has 9 heteroatoms. The van der Waals surface area contributed by atoms with E-state index in [1.165, 1.54) is 22.5 Å². The van der Waals surface area contributed by atoms with Gasteiger partial charge < -0.3 is 5.32 Å². The highest BCUT2D eigenvalue weighted by molar-refractivity contribution is 7.99. The van der Waals surface area contributed by atoms with Crippen LogP contribution in [0.2, 0.25) is 0 Å². The molecule has 0 bridgehead atoms. The van der Waals surface area contributed by atoms with E-state index in [9.17, 15) is 18.5 Å². The van der Waals surface area contributed by atoms with Crippen molar-refractivity contribution in [2.24, 2.45) is 11.8 Å². The van der Waals surface area contributed by atoms with Crippen LogP contribution in [0.25, 0.3) is 0 Å². The van der Waals surface area contributed by atoms with E-state index in [0.29, 0.717) is 23.8 Å². The molecule has 0 radical (unpaired) electrons. The van der Waals surface area contributed by atoms with E-state index in [2.05, 4.69) is 5.32 Å². The molecule has 0 atom stereocenters. The van der Waals surface area contributed by atoms with Crippen molar-refractivity contribution in [3.05, 3.63) is 58.1 Å². The fourth-order valence-electron chi connectivity index (χ4n) is 3.88. The first-order valence-corrected chi connectivity index (χ1v) is 14.0. The Bertz CT molecular complexity index is 1050. The number of nitro groups is 1. The molecule has 180 valence electrons. The van der Waals surface area contributed by atoms with E-state index in [4.69, 9.17) is 0 Å². The average molecular weight is 492 g/mol. The largest absolute Gasteiger partial charge is 0.379 e. The minimum absolute atomic E-state index is 0.0750. The third-order valence-electron chi connectivity index (χ3n) is 5.84. The second-order valence-corrected chi connectivity index (χ2v) is 11.9. The van der Waals surface area contributed by atoms with E-state index < -0.39 is 14.9 Å². The number of rotatable bonds is 10. The third-order valence-corrected chi connectivity index (χ3v) is 8.68. The Morgan fingerprint density at radius 2 is 1.82 bits per heavy atom. The van der Waals surface area contributed by atoms with Crippen LogP contribution in [0, 0.1) is 22.0 Å². The molecular weight excluding hydrogens is 458 g/mol. The molecule has 1 N–H and O–H groups in total. The fourth-order valence-corrected chi connectivity index (χ4v) is 6.73. The van der Waals surface area contributed by atoms with Crippen molar-refractivity contribution in [2.75, 3.05) is 34.2 Å². The van der Waals surface area contributed by atoms with Gasteiger partial charge in [-0.3, -0.25) is 14.4 Å². The van der Waals surface area contributed by atoms with Gasteiger partial charge >= 0.3 is 0 Å². The standard InChI is InChI=1S/C24H33N3O4S2/c1-4-19-5-7-21(8-6-19)26(17-18(2)3)33(30,31)22-9-10-23(24(15-22)27(28)29)25-16-20-11-13-32-14-12-20/h5-10,15,18,20,25H,4,11-14,16-17H2,1-3H3. The van der Waals surface area contributed by atoms with Gasteiger partial charge in [-0.1, -0.05) is 32.9 Å². The molecule has 0 amide bonds. The van der Waals surface area contributed by atoms with Gasteiger partial charge in [0, 0.05) is 19.2 Å². The molecular formula is C24H33N3O4S2. The van der Waals surface area contributed by atoms with Crippen molar-refractivity contribution in [3.8, 4) is 0 Å². The lowest BCUT2D eigenvalue weighted by molar-refractivity contribution is -0.384. The molecule has 1 saturated heterocycles. The van der Waals surface area contributed by atoms with Crippen LogP contribution in [0.15, 0.2) is 47.4 Å². The Morgan fingerprint density at radius 1 is 1.15 bits per heavy atom. The van der Waals surface area contributed by atoms with Gasteiger partial charge in [-0.25, -0.2) is 8.42 Å². The van der Waals surface area contributed by atoms with Gasteiger partial charge in [0.25, 0.3) is 15.7 Å². The van der Waals surface area contributed by atoms with Crippen molar-refractivity contribution < 1.29 is 13.3 Å². The lowest BCUT2D eigenvalue weighted by Crippen LogP contribution is -2.34. The second-order valence-electron chi connectivity index (χ2n) is 8.82. The summed E-state index contributed by atoms with van der Waals surface area (Å²) < 4.78 is 28.5.